The fraction of sp³-hybridized carbons (Fsp3) is 0.474. The van der Waals surface area contributed by atoms with E-state index in [0.29, 0.717) is 6.04 Å². The summed E-state index contributed by atoms with van der Waals surface area (Å²) in [4.78, 5) is 2.50. The second-order valence-corrected chi connectivity index (χ2v) is 6.13. The molecule has 0 spiro atoms. The van der Waals surface area contributed by atoms with Crippen molar-refractivity contribution in [3.63, 3.8) is 0 Å². The number of unbranched alkanes of at least 4 members (excludes halogenated alkanes) is 1. The average molecular weight is 298 g/mol. The van der Waals surface area contributed by atoms with Crippen molar-refractivity contribution in [1.29, 1.82) is 0 Å². The van der Waals surface area contributed by atoms with Gasteiger partial charge >= 0.3 is 0 Å². The summed E-state index contributed by atoms with van der Waals surface area (Å²) < 4.78 is 2.37. The number of aliphatic hydroxyl groups excluding tert-OH is 1. The lowest BCUT2D eigenvalue weighted by Crippen LogP contribution is -2.41. The third-order valence-electron chi connectivity index (χ3n) is 4.79. The molecule has 0 radical (unpaired) electrons. The van der Waals surface area contributed by atoms with Crippen molar-refractivity contribution in [3.05, 3.63) is 59.9 Å². The minimum Gasteiger partial charge on any atom is -0.394 e. The summed E-state index contributed by atoms with van der Waals surface area (Å²) >= 11 is 0. The first kappa shape index (κ1) is 15.3. The Morgan fingerprint density at radius 2 is 1.95 bits per heavy atom. The Bertz CT molecular complexity index is 578. The van der Waals surface area contributed by atoms with Gasteiger partial charge < -0.3 is 9.67 Å². The van der Waals surface area contributed by atoms with E-state index in [1.807, 2.05) is 6.07 Å². The van der Waals surface area contributed by atoms with E-state index in [9.17, 15) is 5.11 Å². The standard InChI is InChI=1S/C19H26N2O/c1-2-3-10-18-17-11-7-12-20(17)13-14-21(18)19(15-22)16-8-5-4-6-9-16/h4-9,11-12,18-19,22H,2-3,10,13-15H2,1H3/t18-,19-/m1/s1. The summed E-state index contributed by atoms with van der Waals surface area (Å²) in [5.41, 5.74) is 2.61. The van der Waals surface area contributed by atoms with Crippen LogP contribution in [0.5, 0.6) is 0 Å². The second kappa shape index (κ2) is 7.12. The molecule has 2 heterocycles. The lowest BCUT2D eigenvalue weighted by molar-refractivity contribution is 0.0549. The van der Waals surface area contributed by atoms with Crippen molar-refractivity contribution in [2.75, 3.05) is 13.2 Å². The highest BCUT2D eigenvalue weighted by molar-refractivity contribution is 5.22. The summed E-state index contributed by atoms with van der Waals surface area (Å²) in [5.74, 6) is 0. The van der Waals surface area contributed by atoms with E-state index in [1.54, 1.807) is 0 Å². The average Bonchev–Trinajstić information content (AvgIpc) is 3.04. The quantitative estimate of drug-likeness (QED) is 0.879. The van der Waals surface area contributed by atoms with Gasteiger partial charge in [0, 0.05) is 25.0 Å². The summed E-state index contributed by atoms with van der Waals surface area (Å²) in [6, 6.07) is 15.3. The molecule has 3 nitrogen and oxygen atoms in total. The molecular formula is C19H26N2O. The maximum atomic E-state index is 10.0. The normalized spacial score (nSPS) is 19.8. The van der Waals surface area contributed by atoms with Gasteiger partial charge in [0.05, 0.1) is 18.7 Å². The first-order valence-corrected chi connectivity index (χ1v) is 8.41. The lowest BCUT2D eigenvalue weighted by atomic mass is 9.97. The SMILES string of the molecule is CCCC[C@@H]1c2cccn2CCN1[C@H](CO)c1ccccc1. The molecule has 0 saturated carbocycles. The number of aliphatic hydroxyl groups is 1. The fourth-order valence-corrected chi connectivity index (χ4v) is 3.64. The molecule has 0 unspecified atom stereocenters. The van der Waals surface area contributed by atoms with Gasteiger partial charge in [-0.15, -0.1) is 0 Å². The van der Waals surface area contributed by atoms with Crippen LogP contribution < -0.4 is 0 Å². The van der Waals surface area contributed by atoms with E-state index in [-0.39, 0.29) is 12.6 Å². The Labute approximate surface area is 133 Å². The van der Waals surface area contributed by atoms with Crippen molar-refractivity contribution >= 4 is 0 Å². The largest absolute Gasteiger partial charge is 0.394 e. The van der Waals surface area contributed by atoms with Crippen LogP contribution in [-0.4, -0.2) is 27.7 Å². The van der Waals surface area contributed by atoms with E-state index >= 15 is 0 Å². The van der Waals surface area contributed by atoms with Gasteiger partial charge in [0.1, 0.15) is 0 Å². The minimum atomic E-state index is 0.0895. The molecule has 1 aliphatic rings. The minimum absolute atomic E-state index is 0.0895. The van der Waals surface area contributed by atoms with Crippen LogP contribution in [0.4, 0.5) is 0 Å². The second-order valence-electron chi connectivity index (χ2n) is 6.13. The van der Waals surface area contributed by atoms with Gasteiger partial charge in [-0.25, -0.2) is 0 Å². The van der Waals surface area contributed by atoms with Crippen LogP contribution in [0.2, 0.25) is 0 Å². The number of rotatable bonds is 6. The van der Waals surface area contributed by atoms with Gasteiger partial charge in [-0.2, -0.15) is 0 Å². The summed E-state index contributed by atoms with van der Waals surface area (Å²) in [6.07, 6.45) is 5.77. The number of aromatic nitrogens is 1. The molecule has 3 rings (SSSR count). The summed E-state index contributed by atoms with van der Waals surface area (Å²) in [7, 11) is 0. The molecule has 2 atom stereocenters. The molecule has 118 valence electrons. The zero-order valence-electron chi connectivity index (χ0n) is 13.4. The van der Waals surface area contributed by atoms with E-state index in [2.05, 4.69) is 59.0 Å². The van der Waals surface area contributed by atoms with Crippen molar-refractivity contribution in [1.82, 2.24) is 9.47 Å². The smallest absolute Gasteiger partial charge is 0.0628 e. The van der Waals surface area contributed by atoms with Crippen molar-refractivity contribution in [2.45, 2.75) is 44.8 Å². The van der Waals surface area contributed by atoms with Crippen LogP contribution in [-0.2, 0) is 6.54 Å². The lowest BCUT2D eigenvalue weighted by Gasteiger charge is -2.41. The highest BCUT2D eigenvalue weighted by atomic mass is 16.3. The van der Waals surface area contributed by atoms with Crippen LogP contribution in [0, 0.1) is 0 Å². The van der Waals surface area contributed by atoms with Gasteiger partial charge in [-0.05, 0) is 24.1 Å². The van der Waals surface area contributed by atoms with Gasteiger partial charge in [0.2, 0.25) is 0 Å². The van der Waals surface area contributed by atoms with Crippen molar-refractivity contribution in [3.8, 4) is 0 Å². The van der Waals surface area contributed by atoms with Gasteiger partial charge in [-0.3, -0.25) is 4.90 Å². The molecule has 0 amide bonds. The molecule has 0 bridgehead atoms. The fourth-order valence-electron chi connectivity index (χ4n) is 3.64. The van der Waals surface area contributed by atoms with Crippen molar-refractivity contribution < 1.29 is 5.11 Å². The molecule has 1 aliphatic heterocycles. The monoisotopic (exact) mass is 298 g/mol. The summed E-state index contributed by atoms with van der Waals surface area (Å²) in [6.45, 7) is 4.42. The van der Waals surface area contributed by atoms with Gasteiger partial charge in [-0.1, -0.05) is 50.1 Å². The predicted molar refractivity (Wildman–Crippen MR) is 89.7 cm³/mol. The Morgan fingerprint density at radius 3 is 2.68 bits per heavy atom. The van der Waals surface area contributed by atoms with E-state index in [0.717, 1.165) is 19.5 Å². The summed E-state index contributed by atoms with van der Waals surface area (Å²) in [5, 5.41) is 10.0. The highest BCUT2D eigenvalue weighted by Gasteiger charge is 2.32. The number of fused-ring (bicyclic) bond motifs is 1. The first-order chi connectivity index (χ1) is 10.8. The Morgan fingerprint density at radius 1 is 1.14 bits per heavy atom. The number of benzene rings is 1. The predicted octanol–water partition coefficient (Wildman–Crippen LogP) is 3.77. The molecule has 22 heavy (non-hydrogen) atoms. The van der Waals surface area contributed by atoms with Gasteiger partial charge in [0.25, 0.3) is 0 Å². The molecule has 0 aliphatic carbocycles. The van der Waals surface area contributed by atoms with E-state index in [1.165, 1.54) is 24.1 Å². The molecule has 0 fully saturated rings. The molecule has 0 saturated heterocycles. The van der Waals surface area contributed by atoms with Crippen LogP contribution in [0.25, 0.3) is 0 Å². The maximum absolute atomic E-state index is 10.0. The third kappa shape index (κ3) is 2.96. The van der Waals surface area contributed by atoms with Crippen LogP contribution in [0.1, 0.15) is 49.5 Å². The highest BCUT2D eigenvalue weighted by Crippen LogP contribution is 2.36. The molecule has 1 aromatic heterocycles. The number of hydrogen-bond acceptors (Lipinski definition) is 2. The Kier molecular flexibility index (Phi) is 4.96. The van der Waals surface area contributed by atoms with Crippen LogP contribution >= 0.6 is 0 Å². The zero-order chi connectivity index (χ0) is 15.4. The number of hydrogen-bond donors (Lipinski definition) is 1. The van der Waals surface area contributed by atoms with Crippen molar-refractivity contribution in [2.24, 2.45) is 0 Å². The number of nitrogens with zero attached hydrogens (tertiary/aromatic N) is 2. The zero-order valence-corrected chi connectivity index (χ0v) is 13.4. The Balaban J connectivity index is 1.90. The first-order valence-electron chi connectivity index (χ1n) is 8.41. The molecule has 1 aromatic carbocycles. The molecular weight excluding hydrogens is 272 g/mol. The van der Waals surface area contributed by atoms with Gasteiger partial charge in [0.15, 0.2) is 0 Å². The molecule has 2 aromatic rings. The topological polar surface area (TPSA) is 28.4 Å². The van der Waals surface area contributed by atoms with Crippen LogP contribution in [0.3, 0.4) is 0 Å². The maximum Gasteiger partial charge on any atom is 0.0628 e. The third-order valence-corrected chi connectivity index (χ3v) is 4.79. The molecule has 3 heteroatoms. The Hall–Kier alpha value is -1.58. The van der Waals surface area contributed by atoms with E-state index < -0.39 is 0 Å². The molecule has 1 N–H and O–H groups in total. The van der Waals surface area contributed by atoms with Crippen LogP contribution in [0.15, 0.2) is 48.7 Å². The van der Waals surface area contributed by atoms with E-state index in [4.69, 9.17) is 0 Å².